The van der Waals surface area contributed by atoms with Crippen LogP contribution in [0.5, 0.6) is 5.75 Å². The minimum absolute atomic E-state index is 0.264. The summed E-state index contributed by atoms with van der Waals surface area (Å²) in [6.07, 6.45) is 1.52. The van der Waals surface area contributed by atoms with Crippen LogP contribution in [0, 0.1) is 12.7 Å². The van der Waals surface area contributed by atoms with Crippen molar-refractivity contribution in [2.24, 2.45) is 4.99 Å². The Morgan fingerprint density at radius 3 is 2.61 bits per heavy atom. The Morgan fingerprint density at radius 1 is 1.14 bits per heavy atom. The zero-order valence-electron chi connectivity index (χ0n) is 20.2. The number of thiazole rings is 1. The number of benzene rings is 2. The van der Waals surface area contributed by atoms with E-state index in [-0.39, 0.29) is 5.56 Å². The van der Waals surface area contributed by atoms with Gasteiger partial charge >= 0.3 is 0 Å². The molecule has 36 heavy (non-hydrogen) atoms. The van der Waals surface area contributed by atoms with Crippen LogP contribution < -0.4 is 0 Å². The lowest BCUT2D eigenvalue weighted by molar-refractivity contribution is -0.103. The van der Waals surface area contributed by atoms with Gasteiger partial charge in [0.25, 0.3) is 0 Å². The third kappa shape index (κ3) is 5.78. The number of aryl methyl sites for hydroxylation is 1. The van der Waals surface area contributed by atoms with Crippen molar-refractivity contribution in [2.75, 3.05) is 13.6 Å². The number of phenolic OH excluding ortho intramolecular Hbond substituents is 1. The third-order valence-electron chi connectivity index (χ3n) is 5.69. The fourth-order valence-electron chi connectivity index (χ4n) is 3.73. The molecule has 2 heterocycles. The number of rotatable bonds is 8. The molecule has 2 aromatic heterocycles. The summed E-state index contributed by atoms with van der Waals surface area (Å²) in [5.41, 5.74) is 3.20. The van der Waals surface area contributed by atoms with E-state index in [4.69, 9.17) is 4.99 Å². The maximum absolute atomic E-state index is 14.3. The lowest BCUT2D eigenvalue weighted by Gasteiger charge is -2.23. The predicted octanol–water partition coefficient (Wildman–Crippen LogP) is 6.58. The van der Waals surface area contributed by atoms with Gasteiger partial charge in [-0.3, -0.25) is 4.79 Å². The van der Waals surface area contributed by atoms with Crippen LogP contribution in [0.2, 0.25) is 0 Å². The molecule has 0 bridgehead atoms. The van der Waals surface area contributed by atoms with Crippen LogP contribution in [0.4, 0.5) is 4.39 Å². The second-order valence-corrected chi connectivity index (χ2v) is 10.4. The molecule has 0 aliphatic heterocycles. The number of aromatic hydroxyl groups is 1. The van der Waals surface area contributed by atoms with E-state index in [2.05, 4.69) is 4.98 Å². The molecule has 5 nitrogen and oxygen atoms in total. The number of hydrogen-bond acceptors (Lipinski definition) is 6. The molecule has 0 atom stereocenters. The molecule has 0 unspecified atom stereocenters. The van der Waals surface area contributed by atoms with E-state index in [0.717, 1.165) is 38.7 Å². The summed E-state index contributed by atoms with van der Waals surface area (Å²) in [6.45, 7) is 4.28. The standard InChI is InChI=1S/C28H26FN3O2S2/c1-18(22(16-33)25-12-13-26(36-25)24-17-35-19(2)31-24)30-28(21-10-7-11-23(29)27(21)34)32(3)15-14-20-8-5-4-6-9-20/h4-13,16-17,34H,14-15H2,1-3H3/b22-18+,30-28-. The SMILES string of the molecule is CC(/N=C(/c1cccc(F)c1O)N(C)CCc1ccccc1)=C(/C=O)c1ccc(-c2csc(C)n2)s1. The molecule has 2 aromatic carbocycles. The van der Waals surface area contributed by atoms with Crippen molar-refractivity contribution in [3.8, 4) is 16.3 Å². The summed E-state index contributed by atoms with van der Waals surface area (Å²) >= 11 is 3.04. The van der Waals surface area contributed by atoms with Gasteiger partial charge < -0.3 is 10.0 Å². The number of allylic oxidation sites excluding steroid dienone is 2. The maximum atomic E-state index is 14.3. The molecule has 0 radical (unpaired) electrons. The summed E-state index contributed by atoms with van der Waals surface area (Å²) in [6, 6.07) is 18.2. The second-order valence-electron chi connectivity index (χ2n) is 8.26. The molecule has 184 valence electrons. The van der Waals surface area contributed by atoms with Crippen molar-refractivity contribution in [1.82, 2.24) is 9.88 Å². The first kappa shape index (κ1) is 25.5. The minimum atomic E-state index is -0.727. The van der Waals surface area contributed by atoms with E-state index < -0.39 is 11.6 Å². The molecule has 8 heteroatoms. The van der Waals surface area contributed by atoms with E-state index in [1.165, 1.54) is 23.5 Å². The summed E-state index contributed by atoms with van der Waals surface area (Å²) < 4.78 is 14.3. The van der Waals surface area contributed by atoms with Gasteiger partial charge in [0.1, 0.15) is 5.84 Å². The molecule has 1 N–H and O–H groups in total. The van der Waals surface area contributed by atoms with Gasteiger partial charge in [-0.15, -0.1) is 22.7 Å². The molecular weight excluding hydrogens is 493 g/mol. The lowest BCUT2D eigenvalue weighted by Crippen LogP contribution is -2.30. The number of thiophene rings is 1. The average Bonchev–Trinajstić information content (AvgIpc) is 3.53. The summed E-state index contributed by atoms with van der Waals surface area (Å²) in [5.74, 6) is -0.817. The molecular formula is C28H26FN3O2S2. The van der Waals surface area contributed by atoms with Crippen molar-refractivity contribution < 1.29 is 14.3 Å². The molecule has 0 aliphatic rings. The Bertz CT molecular complexity index is 1420. The van der Waals surface area contributed by atoms with Gasteiger partial charge in [0.15, 0.2) is 17.9 Å². The number of aldehydes is 1. The number of aliphatic imine (C=N–C) groups is 1. The van der Waals surface area contributed by atoms with E-state index in [0.29, 0.717) is 23.7 Å². The minimum Gasteiger partial charge on any atom is -0.504 e. The number of hydrogen-bond donors (Lipinski definition) is 1. The van der Waals surface area contributed by atoms with Gasteiger partial charge in [-0.05, 0) is 50.1 Å². The van der Waals surface area contributed by atoms with Crippen LogP contribution in [0.1, 0.15) is 27.9 Å². The van der Waals surface area contributed by atoms with E-state index >= 15 is 0 Å². The molecule has 0 fully saturated rings. The van der Waals surface area contributed by atoms with Gasteiger partial charge in [0.05, 0.1) is 32.4 Å². The normalized spacial score (nSPS) is 12.4. The number of halogens is 1. The maximum Gasteiger partial charge on any atom is 0.165 e. The first-order valence-electron chi connectivity index (χ1n) is 11.4. The molecule has 4 rings (SSSR count). The number of carbonyl (C=O) groups is 1. The van der Waals surface area contributed by atoms with E-state index in [9.17, 15) is 14.3 Å². The quantitative estimate of drug-likeness (QED) is 0.124. The van der Waals surface area contributed by atoms with Gasteiger partial charge in [-0.25, -0.2) is 14.4 Å². The van der Waals surface area contributed by atoms with Gasteiger partial charge in [0.2, 0.25) is 0 Å². The zero-order chi connectivity index (χ0) is 25.7. The molecule has 0 saturated heterocycles. The highest BCUT2D eigenvalue weighted by Gasteiger charge is 2.18. The number of nitrogens with zero attached hydrogens (tertiary/aromatic N) is 3. The van der Waals surface area contributed by atoms with Crippen LogP contribution in [0.3, 0.4) is 0 Å². The summed E-state index contributed by atoms with van der Waals surface area (Å²) in [7, 11) is 1.84. The van der Waals surface area contributed by atoms with Gasteiger partial charge in [0, 0.05) is 23.8 Å². The van der Waals surface area contributed by atoms with Crippen molar-refractivity contribution >= 4 is 40.4 Å². The Morgan fingerprint density at radius 2 is 1.92 bits per heavy atom. The third-order valence-corrected chi connectivity index (χ3v) is 7.61. The first-order chi connectivity index (χ1) is 17.4. The van der Waals surface area contributed by atoms with Crippen molar-refractivity contribution in [3.05, 3.63) is 98.6 Å². The molecule has 4 aromatic rings. The van der Waals surface area contributed by atoms with Crippen LogP contribution in [0.15, 0.2) is 76.7 Å². The monoisotopic (exact) mass is 519 g/mol. The number of aromatic nitrogens is 1. The van der Waals surface area contributed by atoms with Gasteiger partial charge in [-0.2, -0.15) is 0 Å². The van der Waals surface area contributed by atoms with Crippen molar-refractivity contribution in [2.45, 2.75) is 20.3 Å². The lowest BCUT2D eigenvalue weighted by atomic mass is 10.1. The second kappa shape index (κ2) is 11.4. The van der Waals surface area contributed by atoms with E-state index in [1.54, 1.807) is 24.3 Å². The Balaban J connectivity index is 1.72. The average molecular weight is 520 g/mol. The number of phenols is 1. The number of likely N-dealkylation sites (N-methyl/N-ethyl adjacent to an activating group) is 1. The van der Waals surface area contributed by atoms with Crippen LogP contribution in [-0.2, 0) is 11.2 Å². The highest BCUT2D eigenvalue weighted by molar-refractivity contribution is 7.17. The number of carbonyl (C=O) groups excluding carboxylic acids is 1. The van der Waals surface area contributed by atoms with Crippen molar-refractivity contribution in [3.63, 3.8) is 0 Å². The Kier molecular flexibility index (Phi) is 8.07. The highest BCUT2D eigenvalue weighted by Crippen LogP contribution is 2.33. The topological polar surface area (TPSA) is 65.8 Å². The highest BCUT2D eigenvalue weighted by atomic mass is 32.1. The fraction of sp³-hybridized carbons (Fsp3) is 0.179. The fourth-order valence-corrected chi connectivity index (χ4v) is 5.44. The van der Waals surface area contributed by atoms with Gasteiger partial charge in [-0.1, -0.05) is 36.4 Å². The van der Waals surface area contributed by atoms with Crippen LogP contribution in [0.25, 0.3) is 16.1 Å². The van der Waals surface area contributed by atoms with E-state index in [1.807, 2.05) is 66.7 Å². The number of amidine groups is 1. The Hall–Kier alpha value is -3.62. The first-order valence-corrected chi connectivity index (χ1v) is 13.1. The summed E-state index contributed by atoms with van der Waals surface area (Å²) in [4.78, 5) is 25.0. The Labute approximate surface area is 217 Å². The molecule has 0 saturated carbocycles. The molecule has 0 amide bonds. The predicted molar refractivity (Wildman–Crippen MR) is 146 cm³/mol. The van der Waals surface area contributed by atoms with Crippen molar-refractivity contribution in [1.29, 1.82) is 0 Å². The zero-order valence-corrected chi connectivity index (χ0v) is 21.9. The van der Waals surface area contributed by atoms with Crippen LogP contribution >= 0.6 is 22.7 Å². The smallest absolute Gasteiger partial charge is 0.165 e. The molecule has 0 aliphatic carbocycles. The largest absolute Gasteiger partial charge is 0.504 e. The molecule has 0 spiro atoms. The summed E-state index contributed by atoms with van der Waals surface area (Å²) in [5, 5.41) is 13.5. The van der Waals surface area contributed by atoms with Crippen LogP contribution in [-0.4, -0.2) is 40.7 Å². The number of para-hydroxylation sites is 1.